The van der Waals surface area contributed by atoms with Crippen molar-refractivity contribution in [3.8, 4) is 0 Å². The molecular weight excluding hydrogens is 262 g/mol. The maximum atomic E-state index is 5.94. The average Bonchev–Trinajstić information content (AvgIpc) is 2.39. The highest BCUT2D eigenvalue weighted by atomic mass is 32.2. The van der Waals surface area contributed by atoms with Gasteiger partial charge in [0.15, 0.2) is 0 Å². The normalized spacial score (nSPS) is 25.9. The van der Waals surface area contributed by atoms with Gasteiger partial charge >= 0.3 is 0 Å². The number of anilines is 1. The molecule has 18 heavy (non-hydrogen) atoms. The molecular formula is C13H21N3S2. The number of pyridine rings is 1. The molecule has 1 saturated heterocycles. The maximum absolute atomic E-state index is 5.94. The molecule has 0 saturated carbocycles. The Hall–Kier alpha value is -0.390. The van der Waals surface area contributed by atoms with Gasteiger partial charge in [-0.05, 0) is 25.1 Å². The quantitative estimate of drug-likeness (QED) is 0.885. The number of nitrogens with zero attached hydrogens (tertiary/aromatic N) is 1. The van der Waals surface area contributed by atoms with Crippen LogP contribution in [0.2, 0.25) is 0 Å². The van der Waals surface area contributed by atoms with Crippen LogP contribution in [0, 0.1) is 0 Å². The van der Waals surface area contributed by atoms with Crippen molar-refractivity contribution < 1.29 is 0 Å². The number of nitrogens with one attached hydrogen (secondary N) is 1. The number of hydrogen-bond acceptors (Lipinski definition) is 5. The molecule has 1 aliphatic heterocycles. The van der Waals surface area contributed by atoms with Gasteiger partial charge in [-0.15, -0.1) is 0 Å². The van der Waals surface area contributed by atoms with Crippen LogP contribution in [-0.2, 0) is 6.42 Å². The van der Waals surface area contributed by atoms with Crippen LogP contribution in [0.3, 0.4) is 0 Å². The van der Waals surface area contributed by atoms with Crippen LogP contribution in [-0.4, -0.2) is 40.1 Å². The van der Waals surface area contributed by atoms with Crippen LogP contribution in [0.1, 0.15) is 12.5 Å². The number of hydrogen-bond donors (Lipinski definition) is 2. The minimum atomic E-state index is 0.462. The monoisotopic (exact) mass is 283 g/mol. The molecule has 2 heterocycles. The molecule has 1 aliphatic rings. The molecule has 3 N–H and O–H groups in total. The fraction of sp³-hybridized carbons (Fsp3) is 0.615. The third-order valence-corrected chi connectivity index (χ3v) is 6.62. The lowest BCUT2D eigenvalue weighted by Gasteiger charge is -2.34. The van der Waals surface area contributed by atoms with Crippen molar-refractivity contribution in [1.82, 2.24) is 10.3 Å². The molecule has 1 aromatic heterocycles. The number of nitrogens with two attached hydrogens (primary N) is 1. The van der Waals surface area contributed by atoms with E-state index in [0.717, 1.165) is 12.0 Å². The Bertz CT molecular complexity index is 386. The van der Waals surface area contributed by atoms with E-state index in [-0.39, 0.29) is 0 Å². The van der Waals surface area contributed by atoms with Crippen molar-refractivity contribution in [2.45, 2.75) is 29.9 Å². The van der Waals surface area contributed by atoms with Gasteiger partial charge in [0.05, 0.1) is 0 Å². The van der Waals surface area contributed by atoms with E-state index in [1.807, 2.05) is 13.1 Å². The fourth-order valence-corrected chi connectivity index (χ4v) is 5.33. The standard InChI is InChI=1S/C13H21N3S2/c1-9-12(18-7-6-17-9)11(15-2)8-10-4-3-5-16-13(10)14/h3-5,9,11-12,15H,6-8H2,1-2H3,(H2,14,16). The van der Waals surface area contributed by atoms with Crippen LogP contribution in [0.15, 0.2) is 18.3 Å². The summed E-state index contributed by atoms with van der Waals surface area (Å²) in [5, 5.41) is 4.80. The van der Waals surface area contributed by atoms with E-state index in [9.17, 15) is 0 Å². The highest BCUT2D eigenvalue weighted by Gasteiger charge is 2.29. The Morgan fingerprint density at radius 1 is 1.50 bits per heavy atom. The number of thioether (sulfide) groups is 2. The first-order valence-corrected chi connectivity index (χ1v) is 8.42. The summed E-state index contributed by atoms with van der Waals surface area (Å²) >= 11 is 4.16. The van der Waals surface area contributed by atoms with E-state index in [0.29, 0.717) is 22.4 Å². The van der Waals surface area contributed by atoms with Gasteiger partial charge in [0.2, 0.25) is 0 Å². The van der Waals surface area contributed by atoms with Gasteiger partial charge in [0.25, 0.3) is 0 Å². The summed E-state index contributed by atoms with van der Waals surface area (Å²) in [6, 6.07) is 4.51. The summed E-state index contributed by atoms with van der Waals surface area (Å²) < 4.78 is 0. The van der Waals surface area contributed by atoms with Crippen molar-refractivity contribution in [1.29, 1.82) is 0 Å². The van der Waals surface area contributed by atoms with E-state index in [4.69, 9.17) is 5.73 Å². The number of rotatable bonds is 4. The lowest BCUT2D eigenvalue weighted by atomic mass is 10.0. The van der Waals surface area contributed by atoms with Gasteiger partial charge in [-0.1, -0.05) is 13.0 Å². The summed E-state index contributed by atoms with van der Waals surface area (Å²) in [7, 11) is 2.05. The zero-order valence-corrected chi connectivity index (χ0v) is 12.6. The summed E-state index contributed by atoms with van der Waals surface area (Å²) in [4.78, 5) is 4.17. The van der Waals surface area contributed by atoms with Gasteiger partial charge in [-0.25, -0.2) is 4.98 Å². The Morgan fingerprint density at radius 2 is 2.28 bits per heavy atom. The third-order valence-electron chi connectivity index (χ3n) is 3.37. The van der Waals surface area contributed by atoms with Gasteiger partial charge in [-0.3, -0.25) is 0 Å². The van der Waals surface area contributed by atoms with Crippen molar-refractivity contribution >= 4 is 29.3 Å². The van der Waals surface area contributed by atoms with Gasteiger partial charge in [0, 0.05) is 34.2 Å². The lowest BCUT2D eigenvalue weighted by Crippen LogP contribution is -2.44. The van der Waals surface area contributed by atoms with Crippen LogP contribution in [0.4, 0.5) is 5.82 Å². The van der Waals surface area contributed by atoms with Crippen LogP contribution in [0.5, 0.6) is 0 Å². The zero-order valence-electron chi connectivity index (χ0n) is 10.9. The van der Waals surface area contributed by atoms with E-state index < -0.39 is 0 Å². The molecule has 0 spiro atoms. The average molecular weight is 283 g/mol. The first-order valence-electron chi connectivity index (χ1n) is 6.32. The molecule has 100 valence electrons. The Morgan fingerprint density at radius 3 is 2.94 bits per heavy atom. The van der Waals surface area contributed by atoms with E-state index in [1.165, 1.54) is 11.5 Å². The lowest BCUT2D eigenvalue weighted by molar-refractivity contribution is 0.531. The highest BCUT2D eigenvalue weighted by Crippen LogP contribution is 2.34. The molecule has 2 rings (SSSR count). The van der Waals surface area contributed by atoms with Crippen LogP contribution >= 0.6 is 23.5 Å². The van der Waals surface area contributed by atoms with Gasteiger partial charge in [0.1, 0.15) is 5.82 Å². The largest absolute Gasteiger partial charge is 0.383 e. The van der Waals surface area contributed by atoms with E-state index in [2.05, 4.69) is 46.8 Å². The topological polar surface area (TPSA) is 50.9 Å². The Kier molecular flexibility index (Phi) is 5.21. The number of nitrogen functional groups attached to an aromatic ring is 1. The van der Waals surface area contributed by atoms with Crippen molar-refractivity contribution in [3.05, 3.63) is 23.9 Å². The predicted molar refractivity (Wildman–Crippen MR) is 83.4 cm³/mol. The number of aromatic nitrogens is 1. The maximum Gasteiger partial charge on any atom is 0.126 e. The van der Waals surface area contributed by atoms with Gasteiger partial charge in [-0.2, -0.15) is 23.5 Å². The minimum absolute atomic E-state index is 0.462. The van der Waals surface area contributed by atoms with Crippen molar-refractivity contribution in [3.63, 3.8) is 0 Å². The summed E-state index contributed by atoms with van der Waals surface area (Å²) in [6.07, 6.45) is 2.71. The predicted octanol–water partition coefficient (Wildman–Crippen LogP) is 2.03. The third kappa shape index (κ3) is 3.33. The summed E-state index contributed by atoms with van der Waals surface area (Å²) in [5.74, 6) is 3.19. The molecule has 0 bridgehead atoms. The molecule has 0 radical (unpaired) electrons. The van der Waals surface area contributed by atoms with Gasteiger partial charge < -0.3 is 11.1 Å². The Balaban J connectivity index is 2.07. The molecule has 1 fully saturated rings. The van der Waals surface area contributed by atoms with Crippen molar-refractivity contribution in [2.75, 3.05) is 24.3 Å². The highest BCUT2D eigenvalue weighted by molar-refractivity contribution is 8.07. The van der Waals surface area contributed by atoms with E-state index in [1.54, 1.807) is 6.20 Å². The molecule has 3 unspecified atom stereocenters. The summed E-state index contributed by atoms with van der Waals surface area (Å²) in [6.45, 7) is 2.33. The zero-order chi connectivity index (χ0) is 13.0. The second-order valence-electron chi connectivity index (χ2n) is 4.56. The SMILES string of the molecule is CNC(Cc1cccnc1N)C1SCCSC1C. The molecule has 0 amide bonds. The second kappa shape index (κ2) is 6.68. The second-order valence-corrected chi connectivity index (χ2v) is 7.33. The number of likely N-dealkylation sites (N-methyl/N-ethyl adjacent to an activating group) is 1. The molecule has 0 aromatic carbocycles. The van der Waals surface area contributed by atoms with E-state index >= 15 is 0 Å². The van der Waals surface area contributed by atoms with Crippen LogP contribution in [0.25, 0.3) is 0 Å². The molecule has 1 aromatic rings. The smallest absolute Gasteiger partial charge is 0.126 e. The first kappa shape index (κ1) is 14.0. The fourth-order valence-electron chi connectivity index (χ4n) is 2.33. The molecule has 5 heteroatoms. The Labute approximate surface area is 118 Å². The first-order chi connectivity index (χ1) is 8.72. The molecule has 3 atom stereocenters. The van der Waals surface area contributed by atoms with Crippen molar-refractivity contribution in [2.24, 2.45) is 0 Å². The molecule has 0 aliphatic carbocycles. The minimum Gasteiger partial charge on any atom is -0.383 e. The van der Waals surface area contributed by atoms with Crippen LogP contribution < -0.4 is 11.1 Å². The molecule has 3 nitrogen and oxygen atoms in total. The summed E-state index contributed by atoms with van der Waals surface area (Å²) in [5.41, 5.74) is 7.09.